The molecular weight excluding hydrogens is 277 g/mol. The number of nitrogens with one attached hydrogen (secondary N) is 1. The summed E-state index contributed by atoms with van der Waals surface area (Å²) < 4.78 is 65.3. The number of hydrogen-bond donors (Lipinski definition) is 1. The first-order valence-electron chi connectivity index (χ1n) is 5.17. The van der Waals surface area contributed by atoms with Crippen LogP contribution < -0.4 is 5.32 Å². The molecule has 18 heavy (non-hydrogen) atoms. The summed E-state index contributed by atoms with van der Waals surface area (Å²) in [5, 5.41) is 1.80. The van der Waals surface area contributed by atoms with Crippen LogP contribution in [0.15, 0.2) is 12.1 Å². The Hall–Kier alpha value is -0.880. The highest BCUT2D eigenvalue weighted by molar-refractivity contribution is 5.85. The topological polar surface area (TPSA) is 12.0 Å². The molecule has 1 N–H and O–H groups in total. The average Bonchev–Trinajstić information content (AvgIpc) is 2.26. The molecule has 0 fully saturated rings. The second-order valence-corrected chi connectivity index (χ2v) is 3.58. The van der Waals surface area contributed by atoms with Gasteiger partial charge in [-0.2, -0.15) is 8.78 Å². The fourth-order valence-electron chi connectivity index (χ4n) is 1.29. The average molecular weight is 290 g/mol. The summed E-state index contributed by atoms with van der Waals surface area (Å²) in [7, 11) is 0. The summed E-state index contributed by atoms with van der Waals surface area (Å²) >= 11 is 0. The number of hydrogen-bond acceptors (Lipinski definition) is 1. The number of unbranched alkanes of at least 4 members (excludes halogenated alkanes) is 1. The smallest absolute Gasteiger partial charge is 0.254 e. The Balaban J connectivity index is 0.00000289. The molecule has 0 unspecified atom stereocenters. The van der Waals surface area contributed by atoms with Crippen molar-refractivity contribution in [1.82, 2.24) is 5.32 Å². The molecule has 7 heteroatoms. The van der Waals surface area contributed by atoms with Crippen molar-refractivity contribution < 1.29 is 22.0 Å². The zero-order chi connectivity index (χ0) is 13.1. The molecule has 0 saturated carbocycles. The van der Waals surface area contributed by atoms with E-state index in [0.717, 1.165) is 0 Å². The SMILES string of the molecule is CCCCNC(F)(F)c1ccc(F)c(F)c1F.Cl. The Morgan fingerprint density at radius 3 is 2.28 bits per heavy atom. The van der Waals surface area contributed by atoms with Crippen LogP contribution in [0, 0.1) is 17.5 Å². The molecule has 104 valence electrons. The van der Waals surface area contributed by atoms with E-state index < -0.39 is 29.1 Å². The minimum Gasteiger partial charge on any atom is -0.254 e. The molecule has 1 aromatic carbocycles. The highest BCUT2D eigenvalue weighted by atomic mass is 35.5. The Morgan fingerprint density at radius 2 is 1.72 bits per heavy atom. The van der Waals surface area contributed by atoms with Gasteiger partial charge in [-0.25, -0.2) is 13.2 Å². The maximum atomic E-state index is 13.4. The van der Waals surface area contributed by atoms with Crippen LogP contribution in [0.5, 0.6) is 0 Å². The lowest BCUT2D eigenvalue weighted by atomic mass is 10.1. The molecule has 1 aromatic rings. The minimum atomic E-state index is -3.71. The van der Waals surface area contributed by atoms with E-state index >= 15 is 0 Å². The van der Waals surface area contributed by atoms with E-state index in [1.807, 2.05) is 0 Å². The third-order valence-electron chi connectivity index (χ3n) is 2.25. The lowest BCUT2D eigenvalue weighted by Crippen LogP contribution is -2.35. The number of alkyl halides is 2. The zero-order valence-corrected chi connectivity index (χ0v) is 10.4. The molecule has 0 aromatic heterocycles. The van der Waals surface area contributed by atoms with Crippen molar-refractivity contribution in [2.75, 3.05) is 6.54 Å². The van der Waals surface area contributed by atoms with Crippen molar-refractivity contribution in [1.29, 1.82) is 0 Å². The Morgan fingerprint density at radius 1 is 1.11 bits per heavy atom. The van der Waals surface area contributed by atoms with E-state index in [2.05, 4.69) is 0 Å². The largest absolute Gasteiger partial charge is 0.332 e. The van der Waals surface area contributed by atoms with Gasteiger partial charge in [-0.05, 0) is 18.6 Å². The van der Waals surface area contributed by atoms with Gasteiger partial charge in [0.25, 0.3) is 0 Å². The summed E-state index contributed by atoms with van der Waals surface area (Å²) in [6, 6.07) is -2.70. The van der Waals surface area contributed by atoms with Crippen molar-refractivity contribution in [3.63, 3.8) is 0 Å². The summed E-state index contributed by atoms with van der Waals surface area (Å²) in [6.45, 7) is 1.76. The third kappa shape index (κ3) is 3.81. The van der Waals surface area contributed by atoms with Gasteiger partial charge in [0, 0.05) is 6.54 Å². The normalized spacial score (nSPS) is 11.2. The van der Waals surface area contributed by atoms with Crippen LogP contribution in [0.1, 0.15) is 25.3 Å². The third-order valence-corrected chi connectivity index (χ3v) is 2.25. The predicted octanol–water partition coefficient (Wildman–Crippen LogP) is 3.96. The highest BCUT2D eigenvalue weighted by Gasteiger charge is 2.35. The van der Waals surface area contributed by atoms with Crippen LogP contribution in [0.3, 0.4) is 0 Å². The standard InChI is InChI=1S/C11H12F5N.ClH/c1-2-3-6-17-11(15,16)7-4-5-8(12)10(14)9(7)13;/h4-5,17H,2-3,6H2,1H3;1H. The van der Waals surface area contributed by atoms with E-state index in [-0.39, 0.29) is 19.0 Å². The van der Waals surface area contributed by atoms with Gasteiger partial charge < -0.3 is 0 Å². The number of benzene rings is 1. The fourth-order valence-corrected chi connectivity index (χ4v) is 1.29. The van der Waals surface area contributed by atoms with E-state index in [4.69, 9.17) is 0 Å². The molecule has 0 aliphatic carbocycles. The van der Waals surface area contributed by atoms with Gasteiger partial charge in [-0.3, -0.25) is 5.32 Å². The lowest BCUT2D eigenvalue weighted by molar-refractivity contribution is -0.0448. The second kappa shape index (κ2) is 6.89. The maximum absolute atomic E-state index is 13.4. The summed E-state index contributed by atoms with van der Waals surface area (Å²) in [5.74, 6) is -5.24. The maximum Gasteiger partial charge on any atom is 0.332 e. The van der Waals surface area contributed by atoms with E-state index in [1.54, 1.807) is 12.2 Å². The van der Waals surface area contributed by atoms with E-state index in [9.17, 15) is 22.0 Å². The molecule has 0 aliphatic heterocycles. The van der Waals surface area contributed by atoms with Gasteiger partial charge in [0.1, 0.15) is 0 Å². The molecule has 0 bridgehead atoms. The van der Waals surface area contributed by atoms with Crippen molar-refractivity contribution in [2.45, 2.75) is 25.8 Å². The van der Waals surface area contributed by atoms with Crippen LogP contribution >= 0.6 is 12.4 Å². The molecule has 0 heterocycles. The molecule has 0 spiro atoms. The van der Waals surface area contributed by atoms with Gasteiger partial charge in [-0.15, -0.1) is 12.4 Å². The molecule has 0 amide bonds. The van der Waals surface area contributed by atoms with Crippen LogP contribution in [-0.4, -0.2) is 6.54 Å². The monoisotopic (exact) mass is 289 g/mol. The Bertz CT molecular complexity index is 397. The van der Waals surface area contributed by atoms with Crippen molar-refractivity contribution in [2.24, 2.45) is 0 Å². The quantitative estimate of drug-likeness (QED) is 0.374. The van der Waals surface area contributed by atoms with Crippen LogP contribution in [-0.2, 0) is 6.05 Å². The molecule has 0 saturated heterocycles. The van der Waals surface area contributed by atoms with E-state index in [1.165, 1.54) is 0 Å². The predicted molar refractivity (Wildman–Crippen MR) is 60.4 cm³/mol. The number of rotatable bonds is 5. The van der Waals surface area contributed by atoms with E-state index in [0.29, 0.717) is 25.0 Å². The molecule has 0 atom stereocenters. The first-order valence-corrected chi connectivity index (χ1v) is 5.17. The zero-order valence-electron chi connectivity index (χ0n) is 9.57. The summed E-state index contributed by atoms with van der Waals surface area (Å²) in [6.07, 6.45) is 1.16. The molecule has 0 radical (unpaired) electrons. The van der Waals surface area contributed by atoms with Crippen LogP contribution in [0.2, 0.25) is 0 Å². The minimum absolute atomic E-state index is 0. The molecule has 1 nitrogen and oxygen atoms in total. The van der Waals surface area contributed by atoms with Gasteiger partial charge in [-0.1, -0.05) is 13.3 Å². The first kappa shape index (κ1) is 17.1. The summed E-state index contributed by atoms with van der Waals surface area (Å²) in [4.78, 5) is 0. The van der Waals surface area contributed by atoms with Gasteiger partial charge in [0.2, 0.25) is 0 Å². The fraction of sp³-hybridized carbons (Fsp3) is 0.455. The van der Waals surface area contributed by atoms with Gasteiger partial charge in [0.15, 0.2) is 17.5 Å². The Kier molecular flexibility index (Phi) is 6.56. The van der Waals surface area contributed by atoms with Crippen LogP contribution in [0.25, 0.3) is 0 Å². The Labute approximate surface area is 108 Å². The molecular formula is C11H13ClF5N. The lowest BCUT2D eigenvalue weighted by Gasteiger charge is -2.19. The summed E-state index contributed by atoms with van der Waals surface area (Å²) in [5.41, 5.74) is -1.19. The first-order chi connectivity index (χ1) is 7.90. The van der Waals surface area contributed by atoms with Gasteiger partial charge >= 0.3 is 6.05 Å². The van der Waals surface area contributed by atoms with Gasteiger partial charge in [0.05, 0.1) is 5.56 Å². The van der Waals surface area contributed by atoms with Crippen molar-refractivity contribution >= 4 is 12.4 Å². The highest BCUT2D eigenvalue weighted by Crippen LogP contribution is 2.29. The van der Waals surface area contributed by atoms with Crippen molar-refractivity contribution in [3.05, 3.63) is 35.1 Å². The van der Waals surface area contributed by atoms with Crippen LogP contribution in [0.4, 0.5) is 22.0 Å². The second-order valence-electron chi connectivity index (χ2n) is 3.58. The van der Waals surface area contributed by atoms with Crippen molar-refractivity contribution in [3.8, 4) is 0 Å². The number of halogens is 6. The molecule has 1 rings (SSSR count). The molecule has 0 aliphatic rings.